The molecule has 22 heavy (non-hydrogen) atoms. The van der Waals surface area contributed by atoms with E-state index in [0.29, 0.717) is 6.42 Å². The van der Waals surface area contributed by atoms with E-state index in [4.69, 9.17) is 0 Å². The summed E-state index contributed by atoms with van der Waals surface area (Å²) in [5.41, 5.74) is -0.585. The minimum atomic E-state index is -1.05. The van der Waals surface area contributed by atoms with Gasteiger partial charge < -0.3 is 10.4 Å². The highest BCUT2D eigenvalue weighted by molar-refractivity contribution is 5.97. The molecule has 0 heterocycles. The molecule has 0 bridgehead atoms. The zero-order valence-corrected chi connectivity index (χ0v) is 12.7. The number of carboxylic acid groups (broad SMARTS) is 1. The molecule has 3 atom stereocenters. The molecule has 1 fully saturated rings. The van der Waals surface area contributed by atoms with E-state index < -0.39 is 17.3 Å². The van der Waals surface area contributed by atoms with Crippen LogP contribution < -0.4 is 5.32 Å². The van der Waals surface area contributed by atoms with E-state index in [0.717, 1.165) is 24.8 Å². The van der Waals surface area contributed by atoms with Crippen LogP contribution in [0.5, 0.6) is 0 Å². The van der Waals surface area contributed by atoms with Crippen LogP contribution in [0, 0.1) is 5.92 Å². The van der Waals surface area contributed by atoms with Gasteiger partial charge in [-0.2, -0.15) is 0 Å². The molecule has 0 spiro atoms. The molecule has 4 heteroatoms. The highest BCUT2D eigenvalue weighted by atomic mass is 16.4. The van der Waals surface area contributed by atoms with Crippen molar-refractivity contribution in [1.82, 2.24) is 5.32 Å². The number of aliphatic carboxylic acids is 1. The second-order valence-corrected chi connectivity index (χ2v) is 6.66. The molecule has 0 aliphatic heterocycles. The number of allylic oxidation sites excluding steroid dienone is 1. The predicted octanol–water partition coefficient (Wildman–Crippen LogP) is 2.64. The van der Waals surface area contributed by atoms with E-state index in [1.165, 1.54) is 0 Å². The normalized spacial score (nSPS) is 33.2. The SMILES string of the molecule is CC1(NC(=O)[C@@H]2C[C@@]2(C(=O)O)c2ccccc2)CC=CCC1. The number of hydrogen-bond donors (Lipinski definition) is 2. The first kappa shape index (κ1) is 14.8. The Hall–Kier alpha value is -2.10. The molecule has 3 rings (SSSR count). The molecular weight excluding hydrogens is 278 g/mol. The van der Waals surface area contributed by atoms with Crippen molar-refractivity contribution in [3.63, 3.8) is 0 Å². The summed E-state index contributed by atoms with van der Waals surface area (Å²) >= 11 is 0. The molecule has 116 valence electrons. The number of benzene rings is 1. The van der Waals surface area contributed by atoms with Gasteiger partial charge >= 0.3 is 5.97 Å². The van der Waals surface area contributed by atoms with E-state index in [2.05, 4.69) is 17.5 Å². The van der Waals surface area contributed by atoms with Crippen molar-refractivity contribution in [2.45, 2.75) is 43.6 Å². The molecule has 4 nitrogen and oxygen atoms in total. The summed E-state index contributed by atoms with van der Waals surface area (Å²) in [7, 11) is 0. The van der Waals surface area contributed by atoms with E-state index in [1.54, 1.807) is 12.1 Å². The average Bonchev–Trinajstić information content (AvgIpc) is 3.25. The third-order valence-corrected chi connectivity index (χ3v) is 4.97. The minimum absolute atomic E-state index is 0.135. The van der Waals surface area contributed by atoms with Gasteiger partial charge in [-0.1, -0.05) is 42.5 Å². The smallest absolute Gasteiger partial charge is 0.314 e. The summed E-state index contributed by atoms with van der Waals surface area (Å²) < 4.78 is 0. The number of carbonyl (C=O) groups is 2. The van der Waals surface area contributed by atoms with Crippen LogP contribution in [0.2, 0.25) is 0 Å². The number of amides is 1. The fourth-order valence-corrected chi connectivity index (χ4v) is 3.46. The Morgan fingerprint density at radius 2 is 1.95 bits per heavy atom. The summed E-state index contributed by atoms with van der Waals surface area (Å²) in [6.07, 6.45) is 7.23. The summed E-state index contributed by atoms with van der Waals surface area (Å²) in [5.74, 6) is -1.52. The van der Waals surface area contributed by atoms with E-state index >= 15 is 0 Å². The molecule has 2 aliphatic rings. The quantitative estimate of drug-likeness (QED) is 0.840. The van der Waals surface area contributed by atoms with Gasteiger partial charge in [-0.05, 0) is 38.2 Å². The van der Waals surface area contributed by atoms with Crippen molar-refractivity contribution in [1.29, 1.82) is 0 Å². The van der Waals surface area contributed by atoms with Gasteiger partial charge in [0, 0.05) is 5.54 Å². The Morgan fingerprint density at radius 1 is 1.23 bits per heavy atom. The number of rotatable bonds is 4. The number of nitrogens with one attached hydrogen (secondary N) is 1. The Labute approximate surface area is 130 Å². The van der Waals surface area contributed by atoms with Crippen LogP contribution in [0.3, 0.4) is 0 Å². The van der Waals surface area contributed by atoms with Crippen LogP contribution in [0.4, 0.5) is 0 Å². The van der Waals surface area contributed by atoms with Crippen molar-refractivity contribution in [2.75, 3.05) is 0 Å². The van der Waals surface area contributed by atoms with Crippen molar-refractivity contribution in [2.24, 2.45) is 5.92 Å². The molecule has 1 saturated carbocycles. The molecule has 1 unspecified atom stereocenters. The Kier molecular flexibility index (Phi) is 3.55. The molecule has 2 N–H and O–H groups in total. The third kappa shape index (κ3) is 2.43. The van der Waals surface area contributed by atoms with Crippen LogP contribution in [-0.2, 0) is 15.0 Å². The molecular formula is C18H21NO3. The van der Waals surface area contributed by atoms with Crippen molar-refractivity contribution < 1.29 is 14.7 Å². The summed E-state index contributed by atoms with van der Waals surface area (Å²) in [6, 6.07) is 9.09. The molecule has 0 saturated heterocycles. The predicted molar refractivity (Wildman–Crippen MR) is 83.4 cm³/mol. The zero-order chi connectivity index (χ0) is 15.8. The standard InChI is InChI=1S/C18H21NO3/c1-17(10-6-3-7-11-17)19-15(20)14-12-18(14,16(21)22)13-8-4-2-5-9-13/h2-6,8-9,14H,7,10-12H2,1H3,(H,19,20)(H,21,22)/t14-,17?,18+/m0/s1. The second kappa shape index (κ2) is 5.27. The first-order valence-corrected chi connectivity index (χ1v) is 7.74. The van der Waals surface area contributed by atoms with Crippen LogP contribution in [0.25, 0.3) is 0 Å². The van der Waals surface area contributed by atoms with Crippen LogP contribution in [0.15, 0.2) is 42.5 Å². The van der Waals surface area contributed by atoms with Crippen LogP contribution in [-0.4, -0.2) is 22.5 Å². The monoisotopic (exact) mass is 299 g/mol. The van der Waals surface area contributed by atoms with Gasteiger partial charge in [0.15, 0.2) is 0 Å². The van der Waals surface area contributed by atoms with Gasteiger partial charge in [0.1, 0.15) is 5.41 Å². The minimum Gasteiger partial charge on any atom is -0.481 e. The van der Waals surface area contributed by atoms with Crippen molar-refractivity contribution in [3.05, 3.63) is 48.0 Å². The third-order valence-electron chi connectivity index (χ3n) is 4.97. The Bertz CT molecular complexity index is 624. The number of carbonyl (C=O) groups excluding carboxylic acids is 1. The highest BCUT2D eigenvalue weighted by Crippen LogP contribution is 2.54. The maximum atomic E-state index is 12.6. The molecule has 0 aromatic heterocycles. The number of hydrogen-bond acceptors (Lipinski definition) is 2. The molecule has 1 aromatic carbocycles. The summed E-state index contributed by atoms with van der Waals surface area (Å²) in [5, 5.41) is 12.7. The lowest BCUT2D eigenvalue weighted by atomic mass is 9.87. The Morgan fingerprint density at radius 3 is 2.55 bits per heavy atom. The van der Waals surface area contributed by atoms with E-state index in [1.807, 2.05) is 25.1 Å². The van der Waals surface area contributed by atoms with Gasteiger partial charge in [-0.25, -0.2) is 0 Å². The van der Waals surface area contributed by atoms with Crippen molar-refractivity contribution >= 4 is 11.9 Å². The highest BCUT2D eigenvalue weighted by Gasteiger charge is 2.65. The largest absolute Gasteiger partial charge is 0.481 e. The first-order chi connectivity index (χ1) is 10.5. The van der Waals surface area contributed by atoms with Gasteiger partial charge in [0.2, 0.25) is 5.91 Å². The Balaban J connectivity index is 1.77. The maximum absolute atomic E-state index is 12.6. The molecule has 1 amide bonds. The van der Waals surface area contributed by atoms with E-state index in [-0.39, 0.29) is 11.4 Å². The lowest BCUT2D eigenvalue weighted by molar-refractivity contribution is -0.142. The van der Waals surface area contributed by atoms with Crippen LogP contribution in [0.1, 0.15) is 38.2 Å². The summed E-state index contributed by atoms with van der Waals surface area (Å²) in [6.45, 7) is 2.03. The second-order valence-electron chi connectivity index (χ2n) is 6.66. The molecule has 2 aliphatic carbocycles. The molecule has 0 radical (unpaired) electrons. The van der Waals surface area contributed by atoms with Crippen LogP contribution >= 0.6 is 0 Å². The van der Waals surface area contributed by atoms with Gasteiger partial charge in [-0.3, -0.25) is 9.59 Å². The number of carboxylic acids is 1. The first-order valence-electron chi connectivity index (χ1n) is 7.74. The summed E-state index contributed by atoms with van der Waals surface area (Å²) in [4.78, 5) is 24.4. The average molecular weight is 299 g/mol. The van der Waals surface area contributed by atoms with Gasteiger partial charge in [0.05, 0.1) is 5.92 Å². The topological polar surface area (TPSA) is 66.4 Å². The fourth-order valence-electron chi connectivity index (χ4n) is 3.46. The van der Waals surface area contributed by atoms with Gasteiger partial charge in [0.25, 0.3) is 0 Å². The zero-order valence-electron chi connectivity index (χ0n) is 12.7. The maximum Gasteiger partial charge on any atom is 0.314 e. The lowest BCUT2D eigenvalue weighted by Crippen LogP contribution is -2.48. The lowest BCUT2D eigenvalue weighted by Gasteiger charge is -2.32. The van der Waals surface area contributed by atoms with E-state index in [9.17, 15) is 14.7 Å². The van der Waals surface area contributed by atoms with Gasteiger partial charge in [-0.15, -0.1) is 0 Å². The molecule has 1 aromatic rings. The fraction of sp³-hybridized carbons (Fsp3) is 0.444. The van der Waals surface area contributed by atoms with Crippen molar-refractivity contribution in [3.8, 4) is 0 Å².